The zero-order valence-corrected chi connectivity index (χ0v) is 13.2. The van der Waals surface area contributed by atoms with E-state index in [0.29, 0.717) is 12.5 Å². The molecule has 120 valence electrons. The second-order valence-corrected chi connectivity index (χ2v) is 6.14. The van der Waals surface area contributed by atoms with Crippen molar-refractivity contribution in [1.29, 1.82) is 0 Å². The third kappa shape index (κ3) is 3.59. The number of hydrogen-bond acceptors (Lipinski definition) is 3. The van der Waals surface area contributed by atoms with Gasteiger partial charge in [0.05, 0.1) is 11.7 Å². The van der Waals surface area contributed by atoms with Gasteiger partial charge >= 0.3 is 0 Å². The van der Waals surface area contributed by atoms with Crippen LogP contribution < -0.4 is 11.1 Å². The minimum atomic E-state index is -0.219. The molecule has 3 atom stereocenters. The van der Waals surface area contributed by atoms with Crippen molar-refractivity contribution in [2.45, 2.75) is 25.3 Å². The highest BCUT2D eigenvalue weighted by molar-refractivity contribution is 5.80. The maximum atomic E-state index is 12.8. The number of carbonyl (C=O) groups is 1. The molecular weight excluding hydrogens is 286 g/mol. The lowest BCUT2D eigenvalue weighted by Gasteiger charge is -2.23. The van der Waals surface area contributed by atoms with Crippen LogP contribution >= 0.6 is 0 Å². The molecule has 1 saturated carbocycles. The summed E-state index contributed by atoms with van der Waals surface area (Å²) in [5.74, 6) is 0.419. The Morgan fingerprint density at radius 3 is 2.65 bits per heavy atom. The maximum absolute atomic E-state index is 12.8. The lowest BCUT2D eigenvalue weighted by molar-refractivity contribution is -0.126. The molecular formula is C19H23N3O. The fraction of sp³-hybridized carbons (Fsp3) is 0.368. The van der Waals surface area contributed by atoms with Crippen LogP contribution in [0.2, 0.25) is 0 Å². The molecule has 1 aliphatic rings. The first-order valence-electron chi connectivity index (χ1n) is 8.26. The topological polar surface area (TPSA) is 68.0 Å². The molecule has 1 aliphatic carbocycles. The van der Waals surface area contributed by atoms with Gasteiger partial charge in [-0.05, 0) is 43.0 Å². The van der Waals surface area contributed by atoms with Crippen LogP contribution in [0.25, 0.3) is 0 Å². The van der Waals surface area contributed by atoms with Gasteiger partial charge in [0.2, 0.25) is 5.91 Å². The Kier molecular flexibility index (Phi) is 5.03. The fourth-order valence-corrected chi connectivity index (χ4v) is 3.43. The molecule has 3 N–H and O–H groups in total. The van der Waals surface area contributed by atoms with E-state index >= 15 is 0 Å². The van der Waals surface area contributed by atoms with Crippen LogP contribution in [0.5, 0.6) is 0 Å². The monoisotopic (exact) mass is 309 g/mol. The lowest BCUT2D eigenvalue weighted by Crippen LogP contribution is -2.38. The van der Waals surface area contributed by atoms with Crippen molar-refractivity contribution < 1.29 is 4.79 Å². The molecule has 1 unspecified atom stereocenters. The summed E-state index contributed by atoms with van der Waals surface area (Å²) >= 11 is 0. The van der Waals surface area contributed by atoms with Gasteiger partial charge in [-0.1, -0.05) is 42.8 Å². The number of rotatable bonds is 5. The summed E-state index contributed by atoms with van der Waals surface area (Å²) in [7, 11) is 0. The van der Waals surface area contributed by atoms with Crippen molar-refractivity contribution in [3.05, 3.63) is 66.0 Å². The van der Waals surface area contributed by atoms with Crippen LogP contribution in [-0.2, 0) is 4.79 Å². The van der Waals surface area contributed by atoms with Crippen molar-refractivity contribution in [1.82, 2.24) is 10.3 Å². The van der Waals surface area contributed by atoms with Gasteiger partial charge in [-0.25, -0.2) is 0 Å². The third-order valence-corrected chi connectivity index (χ3v) is 4.70. The van der Waals surface area contributed by atoms with E-state index in [0.717, 1.165) is 30.5 Å². The molecule has 2 aromatic rings. The number of benzene rings is 1. The maximum Gasteiger partial charge on any atom is 0.224 e. The Bertz CT molecular complexity index is 590. The summed E-state index contributed by atoms with van der Waals surface area (Å²) < 4.78 is 0. The van der Waals surface area contributed by atoms with E-state index in [9.17, 15) is 4.79 Å². The van der Waals surface area contributed by atoms with Crippen LogP contribution in [-0.4, -0.2) is 17.4 Å². The van der Waals surface area contributed by atoms with E-state index in [1.54, 1.807) is 6.20 Å². The Hall–Kier alpha value is -2.20. The Balaban J connectivity index is 1.83. The highest BCUT2D eigenvalue weighted by Gasteiger charge is 2.33. The summed E-state index contributed by atoms with van der Waals surface area (Å²) in [6.45, 7) is 0.581. The van der Waals surface area contributed by atoms with Crippen molar-refractivity contribution in [2.24, 2.45) is 17.6 Å². The Morgan fingerprint density at radius 2 is 1.96 bits per heavy atom. The summed E-state index contributed by atoms with van der Waals surface area (Å²) in [5.41, 5.74) is 7.72. The molecule has 0 radical (unpaired) electrons. The minimum Gasteiger partial charge on any atom is -0.343 e. The smallest absolute Gasteiger partial charge is 0.224 e. The molecule has 3 rings (SSSR count). The molecule has 1 aromatic heterocycles. The standard InChI is InChI=1S/C19H23N3O/c20-13-15-9-6-10-16(15)19(23)22-18(14-7-2-1-3-8-14)17-11-4-5-12-21-17/h1-5,7-8,11-12,15-16,18H,6,9-10,13,20H2,(H,22,23)/t15-,16-,18?/m1/s1. The number of nitrogens with two attached hydrogens (primary N) is 1. The van der Waals surface area contributed by atoms with E-state index < -0.39 is 0 Å². The first-order chi connectivity index (χ1) is 11.3. The largest absolute Gasteiger partial charge is 0.343 e. The molecule has 0 saturated heterocycles. The predicted octanol–water partition coefficient (Wildman–Crippen LogP) is 2.66. The number of nitrogens with one attached hydrogen (secondary N) is 1. The normalized spacial score (nSPS) is 21.8. The van der Waals surface area contributed by atoms with E-state index in [4.69, 9.17) is 5.73 Å². The van der Waals surface area contributed by atoms with E-state index in [1.165, 1.54) is 0 Å². The molecule has 4 heteroatoms. The van der Waals surface area contributed by atoms with Crippen LogP contribution in [0, 0.1) is 11.8 Å². The summed E-state index contributed by atoms with van der Waals surface area (Å²) in [6, 6.07) is 15.5. The van der Waals surface area contributed by atoms with E-state index in [-0.39, 0.29) is 17.9 Å². The minimum absolute atomic E-state index is 0.0231. The Morgan fingerprint density at radius 1 is 1.17 bits per heavy atom. The zero-order valence-electron chi connectivity index (χ0n) is 13.2. The van der Waals surface area contributed by atoms with Crippen molar-refractivity contribution in [3.63, 3.8) is 0 Å². The summed E-state index contributed by atoms with van der Waals surface area (Å²) in [6.07, 6.45) is 4.82. The molecule has 1 fully saturated rings. The first kappa shape index (κ1) is 15.7. The number of hydrogen-bond donors (Lipinski definition) is 2. The van der Waals surface area contributed by atoms with E-state index in [1.807, 2.05) is 48.5 Å². The second kappa shape index (κ2) is 7.38. The van der Waals surface area contributed by atoms with Gasteiger partial charge in [0.25, 0.3) is 0 Å². The number of nitrogens with zero attached hydrogens (tertiary/aromatic N) is 1. The summed E-state index contributed by atoms with van der Waals surface area (Å²) in [5, 5.41) is 3.20. The number of aromatic nitrogens is 1. The van der Waals surface area contributed by atoms with Crippen LogP contribution in [0.3, 0.4) is 0 Å². The highest BCUT2D eigenvalue weighted by Crippen LogP contribution is 2.32. The number of amides is 1. The second-order valence-electron chi connectivity index (χ2n) is 6.14. The SMILES string of the molecule is NC[C@H]1CCC[C@H]1C(=O)NC(c1ccccc1)c1ccccn1. The molecule has 0 aliphatic heterocycles. The molecule has 4 nitrogen and oxygen atoms in total. The average Bonchev–Trinajstić information content (AvgIpc) is 3.10. The van der Waals surface area contributed by atoms with Gasteiger partial charge in [-0.2, -0.15) is 0 Å². The van der Waals surface area contributed by atoms with E-state index in [2.05, 4.69) is 10.3 Å². The van der Waals surface area contributed by atoms with Gasteiger partial charge in [-0.15, -0.1) is 0 Å². The molecule has 0 bridgehead atoms. The van der Waals surface area contributed by atoms with Crippen LogP contribution in [0.1, 0.15) is 36.6 Å². The van der Waals surface area contributed by atoms with Crippen LogP contribution in [0.15, 0.2) is 54.7 Å². The van der Waals surface area contributed by atoms with Crippen LogP contribution in [0.4, 0.5) is 0 Å². The first-order valence-corrected chi connectivity index (χ1v) is 8.26. The molecule has 23 heavy (non-hydrogen) atoms. The third-order valence-electron chi connectivity index (χ3n) is 4.70. The number of carbonyl (C=O) groups excluding carboxylic acids is 1. The van der Waals surface area contributed by atoms with Gasteiger partial charge < -0.3 is 11.1 Å². The van der Waals surface area contributed by atoms with Crippen molar-refractivity contribution >= 4 is 5.91 Å². The van der Waals surface area contributed by atoms with Gasteiger partial charge in [-0.3, -0.25) is 9.78 Å². The van der Waals surface area contributed by atoms with Crippen molar-refractivity contribution in [3.8, 4) is 0 Å². The van der Waals surface area contributed by atoms with Gasteiger partial charge in [0.15, 0.2) is 0 Å². The predicted molar refractivity (Wildman–Crippen MR) is 90.6 cm³/mol. The molecule has 1 aromatic carbocycles. The quantitative estimate of drug-likeness (QED) is 0.892. The van der Waals surface area contributed by atoms with Crippen molar-refractivity contribution in [2.75, 3.05) is 6.54 Å². The van der Waals surface area contributed by atoms with Gasteiger partial charge in [0.1, 0.15) is 0 Å². The number of pyridine rings is 1. The van der Waals surface area contributed by atoms with Gasteiger partial charge in [0, 0.05) is 12.1 Å². The summed E-state index contributed by atoms with van der Waals surface area (Å²) in [4.78, 5) is 17.2. The Labute approximate surface area is 137 Å². The average molecular weight is 309 g/mol. The molecule has 0 spiro atoms. The highest BCUT2D eigenvalue weighted by atomic mass is 16.2. The zero-order chi connectivity index (χ0) is 16.1. The molecule has 1 heterocycles. The molecule has 1 amide bonds. The fourth-order valence-electron chi connectivity index (χ4n) is 3.43. The lowest BCUT2D eigenvalue weighted by atomic mass is 9.94.